The quantitative estimate of drug-likeness (QED) is 0.844. The number of halogens is 2. The molecule has 0 radical (unpaired) electrons. The third-order valence-electron chi connectivity index (χ3n) is 2.94. The van der Waals surface area contributed by atoms with E-state index < -0.39 is 0 Å². The van der Waals surface area contributed by atoms with E-state index >= 15 is 0 Å². The molecule has 1 amide bonds. The summed E-state index contributed by atoms with van der Waals surface area (Å²) in [6.07, 6.45) is 0.809. The number of hydrogen-bond donors (Lipinski definition) is 2. The van der Waals surface area contributed by atoms with Crippen LogP contribution in [-0.2, 0) is 11.2 Å². The number of amides is 1. The van der Waals surface area contributed by atoms with Crippen molar-refractivity contribution < 1.29 is 4.79 Å². The van der Waals surface area contributed by atoms with E-state index in [0.29, 0.717) is 10.0 Å². The fraction of sp³-hybridized carbons (Fsp3) is 0.188. The van der Waals surface area contributed by atoms with E-state index in [1.54, 1.807) is 6.07 Å². The minimum Gasteiger partial charge on any atom is -0.385 e. The third-order valence-corrected chi connectivity index (χ3v) is 3.53. The molecule has 0 aliphatic heterocycles. The van der Waals surface area contributed by atoms with Gasteiger partial charge in [0.25, 0.3) is 0 Å². The number of carbonyl (C=O) groups is 1. The lowest BCUT2D eigenvalue weighted by Gasteiger charge is -2.09. The first-order chi connectivity index (χ1) is 10.0. The van der Waals surface area contributed by atoms with Crippen molar-refractivity contribution in [3.63, 3.8) is 0 Å². The van der Waals surface area contributed by atoms with Crippen molar-refractivity contribution in [1.82, 2.24) is 0 Å². The molecule has 0 bridgehead atoms. The first kappa shape index (κ1) is 15.7. The Hall–Kier alpha value is -1.71. The molecule has 2 aromatic rings. The smallest absolute Gasteiger partial charge is 0.221 e. The van der Waals surface area contributed by atoms with Crippen LogP contribution in [0.25, 0.3) is 0 Å². The van der Waals surface area contributed by atoms with Gasteiger partial charge in [0.2, 0.25) is 5.91 Å². The van der Waals surface area contributed by atoms with Gasteiger partial charge < -0.3 is 10.6 Å². The van der Waals surface area contributed by atoms with Gasteiger partial charge in [-0.3, -0.25) is 4.79 Å². The summed E-state index contributed by atoms with van der Waals surface area (Å²) in [4.78, 5) is 10.9. The largest absolute Gasteiger partial charge is 0.385 e. The first-order valence-corrected chi connectivity index (χ1v) is 7.35. The molecule has 0 aliphatic carbocycles. The second-order valence-electron chi connectivity index (χ2n) is 4.67. The van der Waals surface area contributed by atoms with E-state index in [0.717, 1.165) is 29.9 Å². The Kier molecular flexibility index (Phi) is 5.48. The predicted octanol–water partition coefficient (Wildman–Crippen LogP) is 4.61. The lowest BCUT2D eigenvalue weighted by atomic mass is 10.1. The number of anilines is 2. The third kappa shape index (κ3) is 4.96. The van der Waals surface area contributed by atoms with Gasteiger partial charge in [-0.05, 0) is 48.4 Å². The number of benzene rings is 2. The number of rotatable bonds is 5. The van der Waals surface area contributed by atoms with Crippen LogP contribution >= 0.6 is 23.2 Å². The summed E-state index contributed by atoms with van der Waals surface area (Å²) in [6, 6.07) is 13.1. The lowest BCUT2D eigenvalue weighted by molar-refractivity contribution is -0.114. The maximum Gasteiger partial charge on any atom is 0.221 e. The van der Waals surface area contributed by atoms with Crippen LogP contribution in [-0.4, -0.2) is 12.5 Å². The molecule has 110 valence electrons. The zero-order valence-electron chi connectivity index (χ0n) is 11.6. The van der Waals surface area contributed by atoms with Gasteiger partial charge in [-0.25, -0.2) is 0 Å². The molecule has 0 spiro atoms. The molecular formula is C16H16Cl2N2O. The fourth-order valence-electron chi connectivity index (χ4n) is 1.94. The van der Waals surface area contributed by atoms with Crippen LogP contribution in [0.3, 0.4) is 0 Å². The number of carbonyl (C=O) groups excluding carboxylic acids is 1. The minimum atomic E-state index is -0.0758. The molecule has 0 aliphatic rings. The molecule has 0 fully saturated rings. The van der Waals surface area contributed by atoms with Gasteiger partial charge in [-0.15, -0.1) is 0 Å². The van der Waals surface area contributed by atoms with Crippen LogP contribution < -0.4 is 10.6 Å². The normalized spacial score (nSPS) is 10.2. The number of nitrogens with one attached hydrogen (secondary N) is 2. The van der Waals surface area contributed by atoms with Gasteiger partial charge in [0.15, 0.2) is 0 Å². The highest BCUT2D eigenvalue weighted by atomic mass is 35.5. The highest BCUT2D eigenvalue weighted by molar-refractivity contribution is 6.35. The van der Waals surface area contributed by atoms with E-state index in [1.165, 1.54) is 6.92 Å². The second kappa shape index (κ2) is 7.34. The van der Waals surface area contributed by atoms with Crippen LogP contribution in [0.5, 0.6) is 0 Å². The summed E-state index contributed by atoms with van der Waals surface area (Å²) in [6.45, 7) is 2.25. The summed E-state index contributed by atoms with van der Waals surface area (Å²) in [5.74, 6) is -0.0758. The molecule has 2 aromatic carbocycles. The molecule has 0 saturated heterocycles. The summed E-state index contributed by atoms with van der Waals surface area (Å²) in [7, 11) is 0. The molecule has 0 unspecified atom stereocenters. The summed E-state index contributed by atoms with van der Waals surface area (Å²) >= 11 is 12.0. The van der Waals surface area contributed by atoms with Crippen molar-refractivity contribution in [3.05, 3.63) is 58.1 Å². The predicted molar refractivity (Wildman–Crippen MR) is 89.4 cm³/mol. The Bertz CT molecular complexity index is 627. The van der Waals surface area contributed by atoms with Crippen LogP contribution in [0.15, 0.2) is 42.5 Å². The molecule has 2 N–H and O–H groups in total. The van der Waals surface area contributed by atoms with Crippen molar-refractivity contribution in [2.45, 2.75) is 13.3 Å². The van der Waals surface area contributed by atoms with Crippen molar-refractivity contribution in [1.29, 1.82) is 0 Å². The van der Waals surface area contributed by atoms with Gasteiger partial charge in [0.1, 0.15) is 0 Å². The summed E-state index contributed by atoms with van der Waals surface area (Å²) < 4.78 is 0. The Morgan fingerprint density at radius 2 is 1.71 bits per heavy atom. The highest BCUT2D eigenvalue weighted by Crippen LogP contribution is 2.21. The molecule has 2 rings (SSSR count). The average molecular weight is 323 g/mol. The highest BCUT2D eigenvalue weighted by Gasteiger charge is 2.01. The van der Waals surface area contributed by atoms with E-state index in [4.69, 9.17) is 23.2 Å². The minimum absolute atomic E-state index is 0.0758. The lowest BCUT2D eigenvalue weighted by Crippen LogP contribution is -2.07. The average Bonchev–Trinajstić information content (AvgIpc) is 2.42. The Morgan fingerprint density at radius 1 is 1.05 bits per heavy atom. The topological polar surface area (TPSA) is 41.1 Å². The maximum atomic E-state index is 10.9. The fourth-order valence-corrected chi connectivity index (χ4v) is 2.44. The van der Waals surface area contributed by atoms with Crippen molar-refractivity contribution in [3.8, 4) is 0 Å². The SMILES string of the molecule is CC(=O)Nc1ccc(NCCc2ccc(Cl)cc2Cl)cc1. The molecule has 21 heavy (non-hydrogen) atoms. The van der Waals surface area contributed by atoms with Crippen molar-refractivity contribution >= 4 is 40.5 Å². The van der Waals surface area contributed by atoms with Gasteiger partial charge in [-0.2, -0.15) is 0 Å². The van der Waals surface area contributed by atoms with Gasteiger partial charge >= 0.3 is 0 Å². The van der Waals surface area contributed by atoms with Gasteiger partial charge in [0, 0.05) is 34.9 Å². The van der Waals surface area contributed by atoms with E-state index in [2.05, 4.69) is 10.6 Å². The zero-order chi connectivity index (χ0) is 15.2. The van der Waals surface area contributed by atoms with Gasteiger partial charge in [0.05, 0.1) is 0 Å². The number of hydrogen-bond acceptors (Lipinski definition) is 2. The molecule has 0 saturated carbocycles. The van der Waals surface area contributed by atoms with Crippen molar-refractivity contribution in [2.24, 2.45) is 0 Å². The molecular weight excluding hydrogens is 307 g/mol. The molecule has 0 atom stereocenters. The molecule has 3 nitrogen and oxygen atoms in total. The van der Waals surface area contributed by atoms with Crippen LogP contribution in [0.2, 0.25) is 10.0 Å². The second-order valence-corrected chi connectivity index (χ2v) is 5.51. The van der Waals surface area contributed by atoms with E-state index in [-0.39, 0.29) is 5.91 Å². The Labute approximate surface area is 134 Å². The van der Waals surface area contributed by atoms with Crippen LogP contribution in [0, 0.1) is 0 Å². The Balaban J connectivity index is 1.87. The molecule has 5 heteroatoms. The van der Waals surface area contributed by atoms with Crippen LogP contribution in [0.1, 0.15) is 12.5 Å². The zero-order valence-corrected chi connectivity index (χ0v) is 13.1. The Morgan fingerprint density at radius 3 is 2.33 bits per heavy atom. The van der Waals surface area contributed by atoms with Crippen molar-refractivity contribution in [2.75, 3.05) is 17.2 Å². The first-order valence-electron chi connectivity index (χ1n) is 6.60. The van der Waals surface area contributed by atoms with Gasteiger partial charge in [-0.1, -0.05) is 29.3 Å². The monoisotopic (exact) mass is 322 g/mol. The molecule has 0 heterocycles. The van der Waals surface area contributed by atoms with E-state index in [9.17, 15) is 4.79 Å². The standard InChI is InChI=1S/C16H16Cl2N2O/c1-11(21)20-15-6-4-14(5-7-15)19-9-8-12-2-3-13(17)10-16(12)18/h2-7,10,19H,8-9H2,1H3,(H,20,21). The maximum absolute atomic E-state index is 10.9. The van der Waals surface area contributed by atoms with E-state index in [1.807, 2.05) is 36.4 Å². The summed E-state index contributed by atoms with van der Waals surface area (Å²) in [5.41, 5.74) is 2.84. The molecule has 0 aromatic heterocycles. The summed E-state index contributed by atoms with van der Waals surface area (Å²) in [5, 5.41) is 7.37. The van der Waals surface area contributed by atoms with Crippen LogP contribution in [0.4, 0.5) is 11.4 Å².